The van der Waals surface area contributed by atoms with E-state index in [0.29, 0.717) is 12.2 Å². The molecule has 0 radical (unpaired) electrons. The van der Waals surface area contributed by atoms with Crippen molar-refractivity contribution in [2.24, 2.45) is 0 Å². The number of nitrogens with zero attached hydrogens (tertiary/aromatic N) is 2. The first-order chi connectivity index (χ1) is 6.75. The number of rotatable bonds is 4. The van der Waals surface area contributed by atoms with Gasteiger partial charge in [-0.05, 0) is 6.08 Å². The Morgan fingerprint density at radius 3 is 3.14 bits per heavy atom. The van der Waals surface area contributed by atoms with E-state index >= 15 is 0 Å². The van der Waals surface area contributed by atoms with Crippen molar-refractivity contribution in [2.45, 2.75) is 0 Å². The molecule has 1 rings (SSSR count). The van der Waals surface area contributed by atoms with Gasteiger partial charge < -0.3 is 4.74 Å². The van der Waals surface area contributed by atoms with Gasteiger partial charge in [0.05, 0.1) is 17.1 Å². The summed E-state index contributed by atoms with van der Waals surface area (Å²) in [6.45, 7) is 0.423. The molecule has 74 valence electrons. The third kappa shape index (κ3) is 2.63. The van der Waals surface area contributed by atoms with Gasteiger partial charge in [-0.1, -0.05) is 6.08 Å². The third-order valence-corrected chi connectivity index (χ3v) is 1.58. The Bertz CT molecular complexity index is 350. The van der Waals surface area contributed by atoms with Crippen molar-refractivity contribution in [3.8, 4) is 0 Å². The van der Waals surface area contributed by atoms with E-state index in [0.717, 1.165) is 0 Å². The average molecular weight is 194 g/mol. The minimum atomic E-state index is -0.436. The Morgan fingerprint density at radius 1 is 1.71 bits per heavy atom. The molecule has 5 heteroatoms. The van der Waals surface area contributed by atoms with Crippen LogP contribution < -0.4 is 0 Å². The number of hydrogen-bond donors (Lipinski definition) is 0. The average Bonchev–Trinajstić information content (AvgIpc) is 2.19. The molecule has 1 heterocycles. The van der Waals surface area contributed by atoms with E-state index in [1.54, 1.807) is 19.3 Å². The van der Waals surface area contributed by atoms with Gasteiger partial charge >= 0.3 is 0 Å². The van der Waals surface area contributed by atoms with Gasteiger partial charge in [-0.15, -0.1) is 0 Å². The van der Waals surface area contributed by atoms with Crippen LogP contribution in [0.5, 0.6) is 0 Å². The number of hydrogen-bond acceptors (Lipinski definition) is 4. The summed E-state index contributed by atoms with van der Waals surface area (Å²) in [6.07, 6.45) is 6.16. The van der Waals surface area contributed by atoms with Crippen molar-refractivity contribution < 1.29 is 9.66 Å². The van der Waals surface area contributed by atoms with Crippen molar-refractivity contribution in [2.75, 3.05) is 13.7 Å². The second-order valence-electron chi connectivity index (χ2n) is 2.55. The second-order valence-corrected chi connectivity index (χ2v) is 2.55. The Hall–Kier alpha value is -1.75. The molecule has 5 nitrogen and oxygen atoms in total. The molecule has 0 spiro atoms. The van der Waals surface area contributed by atoms with E-state index in [1.807, 2.05) is 0 Å². The summed E-state index contributed by atoms with van der Waals surface area (Å²) in [6, 6.07) is 1.37. The molecule has 1 aromatic rings. The van der Waals surface area contributed by atoms with E-state index in [2.05, 4.69) is 4.98 Å². The Morgan fingerprint density at radius 2 is 2.50 bits per heavy atom. The summed E-state index contributed by atoms with van der Waals surface area (Å²) in [7, 11) is 1.56. The SMILES string of the molecule is COCC=Cc1cnccc1[N+](=O)[O-]. The third-order valence-electron chi connectivity index (χ3n) is 1.58. The fourth-order valence-corrected chi connectivity index (χ4v) is 0.965. The van der Waals surface area contributed by atoms with Crippen LogP contribution in [-0.4, -0.2) is 23.6 Å². The van der Waals surface area contributed by atoms with Crippen molar-refractivity contribution in [3.05, 3.63) is 40.2 Å². The smallest absolute Gasteiger partial charge is 0.279 e. The maximum Gasteiger partial charge on any atom is 0.279 e. The topological polar surface area (TPSA) is 65.3 Å². The highest BCUT2D eigenvalue weighted by Gasteiger charge is 2.09. The highest BCUT2D eigenvalue weighted by Crippen LogP contribution is 2.17. The number of aromatic nitrogens is 1. The van der Waals surface area contributed by atoms with E-state index in [-0.39, 0.29) is 5.69 Å². The minimum absolute atomic E-state index is 0.0485. The summed E-state index contributed by atoms with van der Waals surface area (Å²) in [5.74, 6) is 0. The molecule has 1 aromatic heterocycles. The quantitative estimate of drug-likeness (QED) is 0.540. The number of pyridine rings is 1. The maximum absolute atomic E-state index is 10.6. The van der Waals surface area contributed by atoms with Gasteiger partial charge in [0.2, 0.25) is 0 Å². The summed E-state index contributed by atoms with van der Waals surface area (Å²) in [5, 5.41) is 10.6. The molecule has 0 saturated heterocycles. The lowest BCUT2D eigenvalue weighted by molar-refractivity contribution is -0.385. The predicted molar refractivity (Wildman–Crippen MR) is 51.8 cm³/mol. The zero-order valence-corrected chi connectivity index (χ0v) is 7.71. The minimum Gasteiger partial charge on any atom is -0.381 e. The van der Waals surface area contributed by atoms with Crippen LogP contribution in [0.1, 0.15) is 5.56 Å². The fourth-order valence-electron chi connectivity index (χ4n) is 0.965. The molecule has 0 aliphatic heterocycles. The van der Waals surface area contributed by atoms with Crippen LogP contribution in [0.3, 0.4) is 0 Å². The fraction of sp³-hybridized carbons (Fsp3) is 0.222. The molecule has 14 heavy (non-hydrogen) atoms. The Balaban J connectivity index is 2.90. The standard InChI is InChI=1S/C9H10N2O3/c1-14-6-2-3-8-7-10-5-4-9(8)11(12)13/h2-5,7H,6H2,1H3. The van der Waals surface area contributed by atoms with Gasteiger partial charge in [0.25, 0.3) is 5.69 Å². The molecule has 0 N–H and O–H groups in total. The monoisotopic (exact) mass is 194 g/mol. The lowest BCUT2D eigenvalue weighted by Gasteiger charge is -1.95. The molecule has 0 aromatic carbocycles. The van der Waals surface area contributed by atoms with Crippen LogP contribution in [-0.2, 0) is 4.74 Å². The predicted octanol–water partition coefficient (Wildman–Crippen LogP) is 1.65. The van der Waals surface area contributed by atoms with E-state index in [1.165, 1.54) is 18.5 Å². The molecule has 0 fully saturated rings. The zero-order chi connectivity index (χ0) is 10.4. The Kier molecular flexibility index (Phi) is 3.75. The highest BCUT2D eigenvalue weighted by molar-refractivity contribution is 5.59. The van der Waals surface area contributed by atoms with Gasteiger partial charge in [-0.25, -0.2) is 0 Å². The van der Waals surface area contributed by atoms with E-state index < -0.39 is 4.92 Å². The van der Waals surface area contributed by atoms with Gasteiger partial charge in [0.1, 0.15) is 0 Å². The first-order valence-electron chi connectivity index (χ1n) is 3.99. The Labute approximate surface area is 81.2 Å². The molecule has 0 atom stereocenters. The largest absolute Gasteiger partial charge is 0.381 e. The van der Waals surface area contributed by atoms with Crippen LogP contribution >= 0.6 is 0 Å². The lowest BCUT2D eigenvalue weighted by atomic mass is 10.2. The molecular weight excluding hydrogens is 184 g/mol. The van der Waals surface area contributed by atoms with Crippen LogP contribution in [0.2, 0.25) is 0 Å². The molecule has 0 amide bonds. The van der Waals surface area contributed by atoms with Crippen molar-refractivity contribution in [1.82, 2.24) is 4.98 Å². The van der Waals surface area contributed by atoms with Crippen LogP contribution in [0.4, 0.5) is 5.69 Å². The number of nitro groups is 1. The first kappa shape index (κ1) is 10.3. The number of methoxy groups -OCH3 is 1. The van der Waals surface area contributed by atoms with E-state index in [4.69, 9.17) is 4.74 Å². The number of ether oxygens (including phenoxy) is 1. The van der Waals surface area contributed by atoms with Crippen molar-refractivity contribution in [3.63, 3.8) is 0 Å². The van der Waals surface area contributed by atoms with Gasteiger partial charge in [-0.3, -0.25) is 15.1 Å². The highest BCUT2D eigenvalue weighted by atomic mass is 16.6. The first-order valence-corrected chi connectivity index (χ1v) is 3.99. The van der Waals surface area contributed by atoms with Crippen LogP contribution in [0.25, 0.3) is 6.08 Å². The second kappa shape index (κ2) is 5.08. The molecule has 0 aliphatic carbocycles. The zero-order valence-electron chi connectivity index (χ0n) is 7.71. The summed E-state index contributed by atoms with van der Waals surface area (Å²) >= 11 is 0. The summed E-state index contributed by atoms with van der Waals surface area (Å²) < 4.78 is 4.79. The van der Waals surface area contributed by atoms with E-state index in [9.17, 15) is 10.1 Å². The van der Waals surface area contributed by atoms with Crippen molar-refractivity contribution >= 4 is 11.8 Å². The van der Waals surface area contributed by atoms with Crippen molar-refractivity contribution in [1.29, 1.82) is 0 Å². The summed E-state index contributed by atoms with van der Waals surface area (Å²) in [4.78, 5) is 13.9. The van der Waals surface area contributed by atoms with Crippen LogP contribution in [0.15, 0.2) is 24.5 Å². The van der Waals surface area contributed by atoms with Gasteiger partial charge in [0, 0.05) is 25.6 Å². The lowest BCUT2D eigenvalue weighted by Crippen LogP contribution is -1.92. The van der Waals surface area contributed by atoms with Gasteiger partial charge in [-0.2, -0.15) is 0 Å². The molecule has 0 unspecified atom stereocenters. The summed E-state index contributed by atoms with van der Waals surface area (Å²) in [5.41, 5.74) is 0.530. The molecule has 0 aliphatic rings. The molecular formula is C9H10N2O3. The maximum atomic E-state index is 10.6. The van der Waals surface area contributed by atoms with Gasteiger partial charge in [0.15, 0.2) is 0 Å². The van der Waals surface area contributed by atoms with Crippen LogP contribution in [0, 0.1) is 10.1 Å². The molecule has 0 saturated carbocycles. The molecule has 0 bridgehead atoms. The normalized spacial score (nSPS) is 10.6.